The normalized spacial score (nSPS) is 17.9. The van der Waals surface area contributed by atoms with Crippen molar-refractivity contribution in [2.45, 2.75) is 26.8 Å². The van der Waals surface area contributed by atoms with E-state index in [9.17, 15) is 0 Å². The van der Waals surface area contributed by atoms with E-state index in [0.29, 0.717) is 6.04 Å². The van der Waals surface area contributed by atoms with Gasteiger partial charge in [-0.25, -0.2) is 0 Å². The molecule has 1 unspecified atom stereocenters. The average Bonchev–Trinajstić information content (AvgIpc) is 2.89. The monoisotopic (exact) mass is 300 g/mol. The second-order valence-electron chi connectivity index (χ2n) is 6.07. The third-order valence-electron chi connectivity index (χ3n) is 4.26. The van der Waals surface area contributed by atoms with Gasteiger partial charge in [-0.2, -0.15) is 0 Å². The lowest BCUT2D eigenvalue weighted by Crippen LogP contribution is -2.45. The van der Waals surface area contributed by atoms with Crippen molar-refractivity contribution < 1.29 is 0 Å². The van der Waals surface area contributed by atoms with Gasteiger partial charge in [0.05, 0.1) is 6.04 Å². The first-order chi connectivity index (χ1) is 10.1. The summed E-state index contributed by atoms with van der Waals surface area (Å²) in [7, 11) is 0. The van der Waals surface area contributed by atoms with Crippen LogP contribution in [0.5, 0.6) is 0 Å². The molecular weight excluding hydrogens is 276 g/mol. The molecule has 21 heavy (non-hydrogen) atoms. The average molecular weight is 300 g/mol. The molecule has 0 saturated carbocycles. The summed E-state index contributed by atoms with van der Waals surface area (Å²) < 4.78 is 0. The summed E-state index contributed by atoms with van der Waals surface area (Å²) in [6, 6.07) is 9.65. The Labute approximate surface area is 131 Å². The van der Waals surface area contributed by atoms with E-state index in [-0.39, 0.29) is 0 Å². The summed E-state index contributed by atoms with van der Waals surface area (Å²) in [6.07, 6.45) is 0. The summed E-state index contributed by atoms with van der Waals surface area (Å²) in [6.45, 7) is 11.0. The highest BCUT2D eigenvalue weighted by atomic mass is 32.1. The number of thiophene rings is 1. The van der Waals surface area contributed by atoms with Crippen molar-refractivity contribution in [2.75, 3.05) is 26.2 Å². The van der Waals surface area contributed by atoms with Gasteiger partial charge in [0.2, 0.25) is 0 Å². The standard InChI is InChI=1S/C18H24N2S/c1-13-4-5-16(15(3)10-13)18(17-11-14(2)12-21-17)20-8-6-19-7-9-20/h4-5,10-12,18-19H,6-9H2,1-3H3. The van der Waals surface area contributed by atoms with Crippen LogP contribution in [0.25, 0.3) is 0 Å². The summed E-state index contributed by atoms with van der Waals surface area (Å²) in [5.41, 5.74) is 5.59. The van der Waals surface area contributed by atoms with Crippen LogP contribution in [0, 0.1) is 20.8 Å². The predicted octanol–water partition coefficient (Wildman–Crippen LogP) is 3.67. The molecule has 2 nitrogen and oxygen atoms in total. The quantitative estimate of drug-likeness (QED) is 0.930. The number of aryl methyl sites for hydroxylation is 3. The van der Waals surface area contributed by atoms with Crippen molar-refractivity contribution in [1.82, 2.24) is 10.2 Å². The SMILES string of the molecule is Cc1csc(C(c2ccc(C)cc2C)N2CCNCC2)c1. The molecule has 2 aromatic rings. The van der Waals surface area contributed by atoms with E-state index in [1.165, 1.54) is 27.1 Å². The van der Waals surface area contributed by atoms with Crippen LogP contribution in [-0.4, -0.2) is 31.1 Å². The van der Waals surface area contributed by atoms with Gasteiger partial charge < -0.3 is 5.32 Å². The second kappa shape index (κ2) is 6.30. The molecule has 1 saturated heterocycles. The first-order valence-electron chi connectivity index (χ1n) is 7.72. The van der Waals surface area contributed by atoms with Gasteiger partial charge in [-0.05, 0) is 48.9 Å². The molecule has 1 aromatic carbocycles. The number of benzene rings is 1. The molecule has 3 heteroatoms. The molecule has 1 N–H and O–H groups in total. The molecule has 1 aliphatic heterocycles. The number of hydrogen-bond acceptors (Lipinski definition) is 3. The largest absolute Gasteiger partial charge is 0.314 e. The van der Waals surface area contributed by atoms with Crippen LogP contribution in [0.15, 0.2) is 29.6 Å². The Morgan fingerprint density at radius 2 is 1.81 bits per heavy atom. The Morgan fingerprint density at radius 3 is 2.43 bits per heavy atom. The molecule has 112 valence electrons. The predicted molar refractivity (Wildman–Crippen MR) is 91.3 cm³/mol. The summed E-state index contributed by atoms with van der Waals surface area (Å²) >= 11 is 1.90. The lowest BCUT2D eigenvalue weighted by Gasteiger charge is -2.35. The summed E-state index contributed by atoms with van der Waals surface area (Å²) in [4.78, 5) is 4.10. The van der Waals surface area contributed by atoms with Crippen molar-refractivity contribution in [3.05, 3.63) is 56.8 Å². The maximum absolute atomic E-state index is 3.46. The van der Waals surface area contributed by atoms with E-state index in [4.69, 9.17) is 0 Å². The number of nitrogens with zero attached hydrogens (tertiary/aromatic N) is 1. The number of hydrogen-bond donors (Lipinski definition) is 1. The molecule has 0 bridgehead atoms. The smallest absolute Gasteiger partial charge is 0.0699 e. The van der Waals surface area contributed by atoms with Gasteiger partial charge in [-0.3, -0.25) is 4.90 Å². The maximum Gasteiger partial charge on any atom is 0.0699 e. The number of rotatable bonds is 3. The van der Waals surface area contributed by atoms with Crippen LogP contribution in [-0.2, 0) is 0 Å². The van der Waals surface area contributed by atoms with Gasteiger partial charge in [0.25, 0.3) is 0 Å². The Bertz CT molecular complexity index is 611. The molecule has 0 radical (unpaired) electrons. The first kappa shape index (κ1) is 14.8. The highest BCUT2D eigenvalue weighted by Gasteiger charge is 2.26. The highest BCUT2D eigenvalue weighted by Crippen LogP contribution is 2.35. The second-order valence-corrected chi connectivity index (χ2v) is 7.02. The fourth-order valence-electron chi connectivity index (χ4n) is 3.20. The van der Waals surface area contributed by atoms with Crippen LogP contribution in [0.2, 0.25) is 0 Å². The van der Waals surface area contributed by atoms with Gasteiger partial charge in [0.1, 0.15) is 0 Å². The zero-order chi connectivity index (χ0) is 14.8. The van der Waals surface area contributed by atoms with Crippen LogP contribution < -0.4 is 5.32 Å². The van der Waals surface area contributed by atoms with Crippen molar-refractivity contribution >= 4 is 11.3 Å². The zero-order valence-corrected chi connectivity index (χ0v) is 14.0. The van der Waals surface area contributed by atoms with Gasteiger partial charge in [-0.15, -0.1) is 11.3 Å². The topological polar surface area (TPSA) is 15.3 Å². The first-order valence-corrected chi connectivity index (χ1v) is 8.60. The fourth-order valence-corrected chi connectivity index (χ4v) is 4.25. The minimum atomic E-state index is 0.409. The van der Waals surface area contributed by atoms with Crippen molar-refractivity contribution in [2.24, 2.45) is 0 Å². The van der Waals surface area contributed by atoms with E-state index in [1.54, 1.807) is 0 Å². The molecule has 1 atom stereocenters. The Kier molecular flexibility index (Phi) is 4.43. The lowest BCUT2D eigenvalue weighted by molar-refractivity contribution is 0.200. The maximum atomic E-state index is 3.46. The third kappa shape index (κ3) is 3.20. The van der Waals surface area contributed by atoms with E-state index in [1.807, 2.05) is 11.3 Å². The molecule has 3 rings (SSSR count). The molecule has 0 spiro atoms. The number of nitrogens with one attached hydrogen (secondary N) is 1. The fraction of sp³-hybridized carbons (Fsp3) is 0.444. The summed E-state index contributed by atoms with van der Waals surface area (Å²) in [5, 5.41) is 5.74. The van der Waals surface area contributed by atoms with E-state index in [2.05, 4.69) is 60.6 Å². The van der Waals surface area contributed by atoms with Crippen molar-refractivity contribution in [3.63, 3.8) is 0 Å². The number of piperazine rings is 1. The molecule has 1 aromatic heterocycles. The van der Waals surface area contributed by atoms with E-state index >= 15 is 0 Å². The zero-order valence-electron chi connectivity index (χ0n) is 13.1. The van der Waals surface area contributed by atoms with Crippen molar-refractivity contribution in [3.8, 4) is 0 Å². The summed E-state index contributed by atoms with van der Waals surface area (Å²) in [5.74, 6) is 0. The van der Waals surface area contributed by atoms with Gasteiger partial charge >= 0.3 is 0 Å². The van der Waals surface area contributed by atoms with Gasteiger partial charge in [0, 0.05) is 31.1 Å². The Morgan fingerprint density at radius 1 is 1.05 bits per heavy atom. The van der Waals surface area contributed by atoms with E-state index < -0.39 is 0 Å². The van der Waals surface area contributed by atoms with Crippen LogP contribution in [0.3, 0.4) is 0 Å². The molecule has 0 aliphatic carbocycles. The Balaban J connectivity index is 2.02. The van der Waals surface area contributed by atoms with Crippen LogP contribution >= 0.6 is 11.3 Å². The lowest BCUT2D eigenvalue weighted by atomic mass is 9.96. The molecule has 2 heterocycles. The minimum absolute atomic E-state index is 0.409. The molecular formula is C18H24N2S. The Hall–Kier alpha value is -1.16. The van der Waals surface area contributed by atoms with Crippen LogP contribution in [0.1, 0.15) is 33.2 Å². The molecule has 1 fully saturated rings. The van der Waals surface area contributed by atoms with E-state index in [0.717, 1.165) is 26.2 Å². The highest BCUT2D eigenvalue weighted by molar-refractivity contribution is 7.10. The van der Waals surface area contributed by atoms with Gasteiger partial charge in [0.15, 0.2) is 0 Å². The van der Waals surface area contributed by atoms with Gasteiger partial charge in [-0.1, -0.05) is 23.8 Å². The van der Waals surface area contributed by atoms with Crippen molar-refractivity contribution in [1.29, 1.82) is 0 Å². The molecule has 0 amide bonds. The third-order valence-corrected chi connectivity index (χ3v) is 5.36. The minimum Gasteiger partial charge on any atom is -0.314 e. The molecule has 1 aliphatic rings. The van der Waals surface area contributed by atoms with Crippen LogP contribution in [0.4, 0.5) is 0 Å².